The molecule has 1 heterocycles. The second-order valence-corrected chi connectivity index (χ2v) is 3.66. The molecule has 0 fully saturated rings. The van der Waals surface area contributed by atoms with Crippen LogP contribution in [0.5, 0.6) is 0 Å². The summed E-state index contributed by atoms with van der Waals surface area (Å²) in [6, 6.07) is 6.48. The van der Waals surface area contributed by atoms with E-state index in [4.69, 9.17) is 16.7 Å². The van der Waals surface area contributed by atoms with Gasteiger partial charge >= 0.3 is 5.97 Å². The van der Waals surface area contributed by atoms with Crippen LogP contribution in [0.3, 0.4) is 0 Å². The summed E-state index contributed by atoms with van der Waals surface area (Å²) < 4.78 is 13.2. The van der Waals surface area contributed by atoms with E-state index in [1.54, 1.807) is 0 Å². The fourth-order valence-corrected chi connectivity index (χ4v) is 1.43. The summed E-state index contributed by atoms with van der Waals surface area (Å²) in [7, 11) is 0. The highest BCUT2D eigenvalue weighted by Crippen LogP contribution is 2.20. The maximum absolute atomic E-state index is 13.2. The van der Waals surface area contributed by atoms with Crippen LogP contribution in [0, 0.1) is 5.82 Å². The van der Waals surface area contributed by atoms with E-state index in [9.17, 15) is 9.18 Å². The summed E-state index contributed by atoms with van der Waals surface area (Å²) in [6.07, 6.45) is 0. The number of halogens is 2. The van der Waals surface area contributed by atoms with Crippen LogP contribution >= 0.6 is 11.6 Å². The Morgan fingerprint density at radius 2 is 2.00 bits per heavy atom. The Hall–Kier alpha value is -2.01. The minimum atomic E-state index is -1.20. The first kappa shape index (κ1) is 11.5. The van der Waals surface area contributed by atoms with Crippen LogP contribution in [-0.4, -0.2) is 21.3 Å². The zero-order valence-corrected chi connectivity index (χ0v) is 9.15. The number of carbonyl (C=O) groups is 1. The summed E-state index contributed by atoms with van der Waals surface area (Å²) in [5.41, 5.74) is 0.555. The number of aromatic nitrogens is 2. The summed E-state index contributed by atoms with van der Waals surface area (Å²) in [5, 5.41) is 16.4. The second kappa shape index (κ2) is 4.47. The van der Waals surface area contributed by atoms with Crippen LogP contribution in [0.15, 0.2) is 30.3 Å². The predicted octanol–water partition coefficient (Wildman–Crippen LogP) is 2.63. The standard InChI is InChI=1S/C11H6ClFN2O2/c12-10-2-1-9(14-15-10)6-3-7(11(16)17)5-8(13)4-6/h1-5H,(H,16,17). The normalized spacial score (nSPS) is 10.2. The van der Waals surface area contributed by atoms with Crippen molar-refractivity contribution in [2.75, 3.05) is 0 Å². The van der Waals surface area contributed by atoms with Crippen LogP contribution in [0.4, 0.5) is 4.39 Å². The van der Waals surface area contributed by atoms with Crippen molar-refractivity contribution < 1.29 is 14.3 Å². The minimum absolute atomic E-state index is 0.142. The Morgan fingerprint density at radius 3 is 2.59 bits per heavy atom. The quantitative estimate of drug-likeness (QED) is 0.892. The van der Waals surface area contributed by atoms with E-state index in [0.717, 1.165) is 6.07 Å². The zero-order chi connectivity index (χ0) is 12.4. The van der Waals surface area contributed by atoms with E-state index < -0.39 is 11.8 Å². The smallest absolute Gasteiger partial charge is 0.335 e. The molecule has 17 heavy (non-hydrogen) atoms. The van der Waals surface area contributed by atoms with Crippen molar-refractivity contribution in [3.05, 3.63) is 46.9 Å². The molecule has 1 aromatic heterocycles. The van der Waals surface area contributed by atoms with Crippen molar-refractivity contribution in [1.29, 1.82) is 0 Å². The highest BCUT2D eigenvalue weighted by Gasteiger charge is 2.09. The fraction of sp³-hybridized carbons (Fsp3) is 0. The number of carboxylic acids is 1. The van der Waals surface area contributed by atoms with Gasteiger partial charge in [0.15, 0.2) is 5.15 Å². The Balaban J connectivity index is 2.51. The topological polar surface area (TPSA) is 63.1 Å². The average molecular weight is 253 g/mol. The summed E-state index contributed by atoms with van der Waals surface area (Å²) in [5.74, 6) is -1.84. The number of hydrogen-bond acceptors (Lipinski definition) is 3. The first-order chi connectivity index (χ1) is 8.06. The Morgan fingerprint density at radius 1 is 1.24 bits per heavy atom. The highest BCUT2D eigenvalue weighted by atomic mass is 35.5. The number of hydrogen-bond donors (Lipinski definition) is 1. The van der Waals surface area contributed by atoms with Gasteiger partial charge in [-0.25, -0.2) is 9.18 Å². The molecule has 0 unspecified atom stereocenters. The molecule has 0 aliphatic carbocycles. The molecule has 2 rings (SSSR count). The molecular formula is C11H6ClFN2O2. The van der Waals surface area contributed by atoms with Crippen LogP contribution in [0.1, 0.15) is 10.4 Å². The lowest BCUT2D eigenvalue weighted by Crippen LogP contribution is -1.98. The average Bonchev–Trinajstić information content (AvgIpc) is 2.29. The molecular weight excluding hydrogens is 247 g/mol. The monoisotopic (exact) mass is 252 g/mol. The van der Waals surface area contributed by atoms with Crippen molar-refractivity contribution >= 4 is 17.6 Å². The van der Waals surface area contributed by atoms with Gasteiger partial charge in [-0.05, 0) is 30.3 Å². The van der Waals surface area contributed by atoms with Crippen molar-refractivity contribution in [3.8, 4) is 11.3 Å². The molecule has 0 aliphatic heterocycles. The van der Waals surface area contributed by atoms with E-state index in [1.807, 2.05) is 0 Å². The third-order valence-electron chi connectivity index (χ3n) is 2.07. The number of benzene rings is 1. The number of nitrogens with zero attached hydrogens (tertiary/aromatic N) is 2. The third-order valence-corrected chi connectivity index (χ3v) is 2.27. The van der Waals surface area contributed by atoms with Gasteiger partial charge in [0.2, 0.25) is 0 Å². The lowest BCUT2D eigenvalue weighted by atomic mass is 10.1. The van der Waals surface area contributed by atoms with Crippen molar-refractivity contribution in [2.45, 2.75) is 0 Å². The highest BCUT2D eigenvalue weighted by molar-refractivity contribution is 6.29. The van der Waals surface area contributed by atoms with E-state index in [0.29, 0.717) is 11.3 Å². The van der Waals surface area contributed by atoms with Crippen LogP contribution in [0.2, 0.25) is 5.15 Å². The van der Waals surface area contributed by atoms with Crippen molar-refractivity contribution in [1.82, 2.24) is 10.2 Å². The molecule has 0 atom stereocenters. The molecule has 0 amide bonds. The molecule has 0 radical (unpaired) electrons. The minimum Gasteiger partial charge on any atom is -0.478 e. The number of aromatic carboxylic acids is 1. The van der Waals surface area contributed by atoms with Gasteiger partial charge in [0.05, 0.1) is 11.3 Å². The van der Waals surface area contributed by atoms with Gasteiger partial charge in [-0.2, -0.15) is 0 Å². The van der Waals surface area contributed by atoms with Gasteiger partial charge in [-0.3, -0.25) is 0 Å². The summed E-state index contributed by atoms with van der Waals surface area (Å²) >= 11 is 5.57. The van der Waals surface area contributed by atoms with Gasteiger partial charge in [0, 0.05) is 5.56 Å². The number of rotatable bonds is 2. The molecule has 0 spiro atoms. The van der Waals surface area contributed by atoms with Crippen LogP contribution in [0.25, 0.3) is 11.3 Å². The predicted molar refractivity (Wildman–Crippen MR) is 59.4 cm³/mol. The lowest BCUT2D eigenvalue weighted by molar-refractivity contribution is 0.0696. The van der Waals surface area contributed by atoms with Crippen LogP contribution < -0.4 is 0 Å². The second-order valence-electron chi connectivity index (χ2n) is 3.28. The molecule has 0 bridgehead atoms. The molecule has 0 aliphatic rings. The van der Waals surface area contributed by atoms with E-state index >= 15 is 0 Å². The van der Waals surface area contributed by atoms with Gasteiger partial charge in [-0.1, -0.05) is 11.6 Å². The fourth-order valence-electron chi connectivity index (χ4n) is 1.33. The van der Waals surface area contributed by atoms with E-state index in [1.165, 1.54) is 24.3 Å². The molecule has 0 saturated carbocycles. The van der Waals surface area contributed by atoms with Crippen molar-refractivity contribution in [3.63, 3.8) is 0 Å². The maximum atomic E-state index is 13.2. The van der Waals surface area contributed by atoms with Crippen molar-refractivity contribution in [2.24, 2.45) is 0 Å². The Labute approximate surface area is 101 Å². The lowest BCUT2D eigenvalue weighted by Gasteiger charge is -2.02. The third kappa shape index (κ3) is 2.57. The largest absolute Gasteiger partial charge is 0.478 e. The van der Waals surface area contributed by atoms with Crippen LogP contribution in [-0.2, 0) is 0 Å². The van der Waals surface area contributed by atoms with E-state index in [-0.39, 0.29) is 10.7 Å². The SMILES string of the molecule is O=C(O)c1cc(F)cc(-c2ccc(Cl)nn2)c1. The molecule has 1 N–H and O–H groups in total. The molecule has 86 valence electrons. The molecule has 1 aromatic carbocycles. The molecule has 0 saturated heterocycles. The van der Waals surface area contributed by atoms with E-state index in [2.05, 4.69) is 10.2 Å². The Kier molecular flexibility index (Phi) is 3.01. The maximum Gasteiger partial charge on any atom is 0.335 e. The van der Waals surface area contributed by atoms with Gasteiger partial charge < -0.3 is 5.11 Å². The zero-order valence-electron chi connectivity index (χ0n) is 8.39. The van der Waals surface area contributed by atoms with Gasteiger partial charge in [0.1, 0.15) is 5.82 Å². The summed E-state index contributed by atoms with van der Waals surface area (Å²) in [6.45, 7) is 0. The molecule has 2 aromatic rings. The number of carboxylic acid groups (broad SMARTS) is 1. The first-order valence-corrected chi connectivity index (χ1v) is 4.97. The Bertz CT molecular complexity index is 572. The molecule has 4 nitrogen and oxygen atoms in total. The molecule has 6 heteroatoms. The van der Waals surface area contributed by atoms with Gasteiger partial charge in [0.25, 0.3) is 0 Å². The summed E-state index contributed by atoms with van der Waals surface area (Å²) in [4.78, 5) is 10.8. The first-order valence-electron chi connectivity index (χ1n) is 4.60. The van der Waals surface area contributed by atoms with Gasteiger partial charge in [-0.15, -0.1) is 10.2 Å².